The zero-order valence-electron chi connectivity index (χ0n) is 14.3. The van der Waals surface area contributed by atoms with Crippen molar-refractivity contribution < 1.29 is 9.90 Å². The van der Waals surface area contributed by atoms with Crippen LogP contribution in [0.25, 0.3) is 0 Å². The SMILES string of the molecule is C=CCN1C[C@H](C(=O)O)CN2CCN(Cc3cnn(C)c3)C[C@@H]2C1. The Balaban J connectivity index is 1.66. The predicted molar refractivity (Wildman–Crippen MR) is 91.6 cm³/mol. The molecule has 1 N–H and O–H groups in total. The molecular formula is C17H27N5O2. The van der Waals surface area contributed by atoms with Gasteiger partial charge in [-0.1, -0.05) is 6.08 Å². The number of nitrogens with zero attached hydrogens (tertiary/aromatic N) is 5. The Kier molecular flexibility index (Phi) is 5.33. The van der Waals surface area contributed by atoms with Crippen molar-refractivity contribution in [3.05, 3.63) is 30.6 Å². The molecule has 2 saturated heterocycles. The van der Waals surface area contributed by atoms with Gasteiger partial charge >= 0.3 is 5.97 Å². The van der Waals surface area contributed by atoms with Crippen LogP contribution in [-0.2, 0) is 18.4 Å². The fourth-order valence-corrected chi connectivity index (χ4v) is 3.84. The summed E-state index contributed by atoms with van der Waals surface area (Å²) >= 11 is 0. The number of piperazine rings is 1. The minimum Gasteiger partial charge on any atom is -0.481 e. The van der Waals surface area contributed by atoms with Crippen LogP contribution in [0, 0.1) is 5.92 Å². The van der Waals surface area contributed by atoms with E-state index in [0.717, 1.165) is 39.3 Å². The minimum absolute atomic E-state index is 0.320. The number of hydrogen-bond donors (Lipinski definition) is 1. The Bertz CT molecular complexity index is 587. The van der Waals surface area contributed by atoms with Crippen molar-refractivity contribution >= 4 is 5.97 Å². The molecule has 7 heteroatoms. The lowest BCUT2D eigenvalue weighted by Crippen LogP contribution is -2.55. The lowest BCUT2D eigenvalue weighted by molar-refractivity contribution is -0.142. The predicted octanol–water partition coefficient (Wildman–Crippen LogP) is 0.109. The van der Waals surface area contributed by atoms with Crippen molar-refractivity contribution in [2.75, 3.05) is 45.8 Å². The van der Waals surface area contributed by atoms with Gasteiger partial charge in [0.25, 0.3) is 0 Å². The fraction of sp³-hybridized carbons (Fsp3) is 0.647. The zero-order chi connectivity index (χ0) is 17.1. The van der Waals surface area contributed by atoms with Gasteiger partial charge < -0.3 is 5.11 Å². The van der Waals surface area contributed by atoms with E-state index in [-0.39, 0.29) is 5.92 Å². The number of fused-ring (bicyclic) bond motifs is 1. The molecule has 0 spiro atoms. The molecule has 2 aliphatic rings. The summed E-state index contributed by atoms with van der Waals surface area (Å²) in [4.78, 5) is 18.6. The van der Waals surface area contributed by atoms with Crippen LogP contribution in [0.5, 0.6) is 0 Å². The summed E-state index contributed by atoms with van der Waals surface area (Å²) in [6.07, 6.45) is 5.85. The second-order valence-electron chi connectivity index (χ2n) is 6.95. The maximum Gasteiger partial charge on any atom is 0.309 e. The molecule has 2 aliphatic heterocycles. The Morgan fingerprint density at radius 2 is 2.12 bits per heavy atom. The standard InChI is InChI=1S/C17H27N5O2/c1-3-4-20-10-15(17(23)24)11-22-6-5-21(13-16(22)12-20)9-14-7-18-19(2)8-14/h3,7-8,15-16H,1,4-6,9-13H2,2H3,(H,23,24)/t15-,16-/m0/s1. The molecule has 3 heterocycles. The number of hydrogen-bond acceptors (Lipinski definition) is 5. The van der Waals surface area contributed by atoms with Gasteiger partial charge in [0.1, 0.15) is 0 Å². The van der Waals surface area contributed by atoms with E-state index in [1.165, 1.54) is 5.56 Å². The lowest BCUT2D eigenvalue weighted by atomic mass is 10.1. The molecule has 0 radical (unpaired) electrons. The summed E-state index contributed by atoms with van der Waals surface area (Å²) in [6, 6.07) is 0.375. The van der Waals surface area contributed by atoms with Crippen LogP contribution in [0.1, 0.15) is 5.56 Å². The maximum absolute atomic E-state index is 11.5. The minimum atomic E-state index is -0.692. The van der Waals surface area contributed by atoms with Gasteiger partial charge in [0.15, 0.2) is 0 Å². The number of aryl methyl sites for hydroxylation is 1. The Hall–Kier alpha value is -1.70. The first-order valence-electron chi connectivity index (χ1n) is 8.55. The van der Waals surface area contributed by atoms with Crippen LogP contribution in [0.3, 0.4) is 0 Å². The van der Waals surface area contributed by atoms with Crippen molar-refractivity contribution in [2.24, 2.45) is 13.0 Å². The first kappa shape index (κ1) is 17.1. The average molecular weight is 333 g/mol. The van der Waals surface area contributed by atoms with Crippen LogP contribution >= 0.6 is 0 Å². The van der Waals surface area contributed by atoms with Crippen LogP contribution in [0.15, 0.2) is 25.0 Å². The van der Waals surface area contributed by atoms with E-state index in [1.807, 2.05) is 24.0 Å². The third kappa shape index (κ3) is 4.03. The molecule has 24 heavy (non-hydrogen) atoms. The third-order valence-corrected chi connectivity index (χ3v) is 4.99. The summed E-state index contributed by atoms with van der Waals surface area (Å²) in [5.41, 5.74) is 1.23. The largest absolute Gasteiger partial charge is 0.481 e. The fourth-order valence-electron chi connectivity index (χ4n) is 3.84. The van der Waals surface area contributed by atoms with Gasteiger partial charge in [0, 0.05) is 77.2 Å². The third-order valence-electron chi connectivity index (χ3n) is 4.99. The van der Waals surface area contributed by atoms with E-state index >= 15 is 0 Å². The summed E-state index contributed by atoms with van der Waals surface area (Å²) in [5.74, 6) is -1.01. The van der Waals surface area contributed by atoms with Crippen molar-refractivity contribution in [1.82, 2.24) is 24.5 Å². The van der Waals surface area contributed by atoms with Gasteiger partial charge in [-0.25, -0.2) is 0 Å². The van der Waals surface area contributed by atoms with Crippen LogP contribution < -0.4 is 0 Å². The van der Waals surface area contributed by atoms with Gasteiger partial charge in [0.2, 0.25) is 0 Å². The molecule has 132 valence electrons. The van der Waals surface area contributed by atoms with Gasteiger partial charge in [-0.05, 0) is 0 Å². The molecule has 2 fully saturated rings. The van der Waals surface area contributed by atoms with E-state index in [4.69, 9.17) is 0 Å². The molecule has 1 aromatic heterocycles. The molecule has 7 nitrogen and oxygen atoms in total. The average Bonchev–Trinajstić information content (AvgIpc) is 2.84. The summed E-state index contributed by atoms with van der Waals surface area (Å²) < 4.78 is 1.83. The van der Waals surface area contributed by atoms with E-state index < -0.39 is 5.97 Å². The van der Waals surface area contributed by atoms with E-state index in [2.05, 4.69) is 32.6 Å². The Labute approximate surface area is 143 Å². The van der Waals surface area contributed by atoms with Crippen molar-refractivity contribution in [1.29, 1.82) is 0 Å². The second-order valence-corrected chi connectivity index (χ2v) is 6.95. The number of carbonyl (C=O) groups is 1. The number of carboxylic acid groups (broad SMARTS) is 1. The molecule has 0 bridgehead atoms. The van der Waals surface area contributed by atoms with Crippen LogP contribution in [0.4, 0.5) is 0 Å². The van der Waals surface area contributed by atoms with Gasteiger partial charge in [-0.15, -0.1) is 6.58 Å². The number of carboxylic acids is 1. The van der Waals surface area contributed by atoms with Gasteiger partial charge in [-0.3, -0.25) is 24.2 Å². The summed E-state index contributed by atoms with van der Waals surface area (Å²) in [5, 5.41) is 13.7. The lowest BCUT2D eigenvalue weighted by Gasteiger charge is -2.41. The molecule has 3 rings (SSSR count). The smallest absolute Gasteiger partial charge is 0.309 e. The van der Waals surface area contributed by atoms with Crippen molar-refractivity contribution in [3.63, 3.8) is 0 Å². The Morgan fingerprint density at radius 3 is 2.79 bits per heavy atom. The highest BCUT2D eigenvalue weighted by atomic mass is 16.4. The molecule has 0 unspecified atom stereocenters. The van der Waals surface area contributed by atoms with E-state index in [0.29, 0.717) is 19.1 Å². The monoisotopic (exact) mass is 333 g/mol. The first-order valence-corrected chi connectivity index (χ1v) is 8.55. The normalized spacial score (nSPS) is 26.7. The highest BCUT2D eigenvalue weighted by Gasteiger charge is 2.35. The topological polar surface area (TPSA) is 64.8 Å². The molecular weight excluding hydrogens is 306 g/mol. The quantitative estimate of drug-likeness (QED) is 0.772. The summed E-state index contributed by atoms with van der Waals surface area (Å²) in [7, 11) is 1.94. The van der Waals surface area contributed by atoms with Gasteiger partial charge in [-0.2, -0.15) is 5.10 Å². The maximum atomic E-state index is 11.5. The Morgan fingerprint density at radius 1 is 1.33 bits per heavy atom. The first-order chi connectivity index (χ1) is 11.5. The molecule has 0 aliphatic carbocycles. The van der Waals surface area contributed by atoms with E-state index in [9.17, 15) is 9.90 Å². The van der Waals surface area contributed by atoms with Crippen molar-refractivity contribution in [3.8, 4) is 0 Å². The molecule has 2 atom stereocenters. The summed E-state index contributed by atoms with van der Waals surface area (Å²) in [6.45, 7) is 10.5. The van der Waals surface area contributed by atoms with Gasteiger partial charge in [0.05, 0.1) is 12.1 Å². The van der Waals surface area contributed by atoms with Crippen LogP contribution in [0.2, 0.25) is 0 Å². The molecule has 0 aromatic carbocycles. The van der Waals surface area contributed by atoms with Crippen molar-refractivity contribution in [2.45, 2.75) is 12.6 Å². The second kappa shape index (κ2) is 7.46. The number of rotatable bonds is 5. The highest BCUT2D eigenvalue weighted by molar-refractivity contribution is 5.70. The molecule has 1 aromatic rings. The van der Waals surface area contributed by atoms with E-state index in [1.54, 1.807) is 0 Å². The number of aromatic nitrogens is 2. The number of aliphatic carboxylic acids is 1. The molecule has 0 saturated carbocycles. The zero-order valence-corrected chi connectivity index (χ0v) is 14.3. The van der Waals surface area contributed by atoms with Crippen LogP contribution in [-0.4, -0.2) is 87.4 Å². The highest BCUT2D eigenvalue weighted by Crippen LogP contribution is 2.20. The molecule has 0 amide bonds.